The summed E-state index contributed by atoms with van der Waals surface area (Å²) in [7, 11) is 1.74. The van der Waals surface area contributed by atoms with Gasteiger partial charge in [-0.2, -0.15) is 0 Å². The van der Waals surface area contributed by atoms with Crippen LogP contribution in [0.4, 0.5) is 0 Å². The van der Waals surface area contributed by atoms with Crippen LogP contribution in [0.25, 0.3) is 0 Å². The van der Waals surface area contributed by atoms with E-state index in [1.54, 1.807) is 7.11 Å². The summed E-state index contributed by atoms with van der Waals surface area (Å²) in [5, 5.41) is 3.54. The van der Waals surface area contributed by atoms with E-state index in [2.05, 4.69) is 29.3 Å². The van der Waals surface area contributed by atoms with Crippen molar-refractivity contribution in [2.75, 3.05) is 26.7 Å². The number of hydrogen-bond acceptors (Lipinski definition) is 3. The van der Waals surface area contributed by atoms with Gasteiger partial charge in [-0.05, 0) is 12.5 Å². The molecule has 0 aliphatic carbocycles. The Morgan fingerprint density at radius 1 is 1.41 bits per heavy atom. The van der Waals surface area contributed by atoms with Crippen LogP contribution in [-0.4, -0.2) is 37.7 Å². The number of ether oxygens (including phenoxy) is 1. The van der Waals surface area contributed by atoms with Crippen molar-refractivity contribution in [1.82, 2.24) is 10.2 Å². The number of para-hydroxylation sites is 1. The molecule has 1 unspecified atom stereocenters. The lowest BCUT2D eigenvalue weighted by molar-refractivity contribution is 0.188. The molecule has 1 saturated heterocycles. The third-order valence-electron chi connectivity index (χ3n) is 3.42. The average molecular weight is 234 g/mol. The Hall–Kier alpha value is -1.06. The van der Waals surface area contributed by atoms with Gasteiger partial charge in [-0.3, -0.25) is 4.90 Å². The molecule has 1 aliphatic heterocycles. The maximum atomic E-state index is 5.40. The molecule has 1 aromatic carbocycles. The Kier molecular flexibility index (Phi) is 4.40. The average Bonchev–Trinajstić information content (AvgIpc) is 2.39. The van der Waals surface area contributed by atoms with Gasteiger partial charge in [0.1, 0.15) is 5.75 Å². The minimum atomic E-state index is 0.637. The van der Waals surface area contributed by atoms with Crippen molar-refractivity contribution in [2.45, 2.75) is 25.9 Å². The number of piperazine rings is 1. The second-order valence-corrected chi connectivity index (χ2v) is 4.61. The van der Waals surface area contributed by atoms with Crippen molar-refractivity contribution in [3.63, 3.8) is 0 Å². The first-order chi connectivity index (χ1) is 8.33. The summed E-state index contributed by atoms with van der Waals surface area (Å²) in [5.41, 5.74) is 1.28. The van der Waals surface area contributed by atoms with E-state index in [0.29, 0.717) is 6.04 Å². The molecule has 1 N–H and O–H groups in total. The predicted octanol–water partition coefficient (Wildman–Crippen LogP) is 1.88. The Bertz CT molecular complexity index is 354. The van der Waals surface area contributed by atoms with Crippen LogP contribution in [0.1, 0.15) is 18.9 Å². The SMILES string of the molecule is CCC1CN(Cc2ccccc2OC)CCN1. The van der Waals surface area contributed by atoms with Crippen LogP contribution >= 0.6 is 0 Å². The van der Waals surface area contributed by atoms with Gasteiger partial charge in [0, 0.05) is 37.8 Å². The van der Waals surface area contributed by atoms with Gasteiger partial charge in [0.2, 0.25) is 0 Å². The lowest BCUT2D eigenvalue weighted by atomic mass is 10.1. The van der Waals surface area contributed by atoms with Crippen LogP contribution < -0.4 is 10.1 Å². The molecule has 1 heterocycles. The number of nitrogens with one attached hydrogen (secondary N) is 1. The first-order valence-electron chi connectivity index (χ1n) is 6.41. The van der Waals surface area contributed by atoms with Gasteiger partial charge in [0.15, 0.2) is 0 Å². The van der Waals surface area contributed by atoms with E-state index in [1.165, 1.54) is 12.0 Å². The molecule has 17 heavy (non-hydrogen) atoms. The topological polar surface area (TPSA) is 24.5 Å². The molecule has 94 valence electrons. The molecule has 0 aromatic heterocycles. The van der Waals surface area contributed by atoms with E-state index in [1.807, 2.05) is 12.1 Å². The molecule has 0 amide bonds. The summed E-state index contributed by atoms with van der Waals surface area (Å²) in [4.78, 5) is 2.50. The summed E-state index contributed by atoms with van der Waals surface area (Å²) in [6, 6.07) is 8.93. The van der Waals surface area contributed by atoms with Gasteiger partial charge in [-0.15, -0.1) is 0 Å². The third kappa shape index (κ3) is 3.20. The second kappa shape index (κ2) is 6.03. The summed E-state index contributed by atoms with van der Waals surface area (Å²) < 4.78 is 5.40. The van der Waals surface area contributed by atoms with E-state index < -0.39 is 0 Å². The van der Waals surface area contributed by atoms with Gasteiger partial charge in [-0.25, -0.2) is 0 Å². The molecule has 3 nitrogen and oxygen atoms in total. The molecule has 0 spiro atoms. The zero-order valence-electron chi connectivity index (χ0n) is 10.8. The van der Waals surface area contributed by atoms with Crippen LogP contribution in [0.3, 0.4) is 0 Å². The molecule has 1 atom stereocenters. The fourth-order valence-corrected chi connectivity index (χ4v) is 2.39. The normalized spacial score (nSPS) is 21.4. The van der Waals surface area contributed by atoms with E-state index in [0.717, 1.165) is 31.9 Å². The van der Waals surface area contributed by atoms with E-state index in [4.69, 9.17) is 4.74 Å². The zero-order chi connectivity index (χ0) is 12.1. The fourth-order valence-electron chi connectivity index (χ4n) is 2.39. The number of nitrogens with zero attached hydrogens (tertiary/aromatic N) is 1. The molecule has 1 fully saturated rings. The lowest BCUT2D eigenvalue weighted by Crippen LogP contribution is -2.49. The van der Waals surface area contributed by atoms with E-state index in [-0.39, 0.29) is 0 Å². The Balaban J connectivity index is 2.00. The largest absolute Gasteiger partial charge is 0.496 e. The van der Waals surface area contributed by atoms with Crippen molar-refractivity contribution in [2.24, 2.45) is 0 Å². The summed E-state index contributed by atoms with van der Waals surface area (Å²) in [5.74, 6) is 0.999. The molecule has 1 aromatic rings. The van der Waals surface area contributed by atoms with Gasteiger partial charge in [0.05, 0.1) is 7.11 Å². The Morgan fingerprint density at radius 3 is 3.00 bits per heavy atom. The number of methoxy groups -OCH3 is 1. The highest BCUT2D eigenvalue weighted by Gasteiger charge is 2.18. The van der Waals surface area contributed by atoms with Crippen molar-refractivity contribution < 1.29 is 4.74 Å². The summed E-state index contributed by atoms with van der Waals surface area (Å²) >= 11 is 0. The van der Waals surface area contributed by atoms with Gasteiger partial charge in [-0.1, -0.05) is 25.1 Å². The minimum absolute atomic E-state index is 0.637. The fraction of sp³-hybridized carbons (Fsp3) is 0.571. The van der Waals surface area contributed by atoms with Crippen molar-refractivity contribution in [1.29, 1.82) is 0 Å². The minimum Gasteiger partial charge on any atom is -0.496 e. The van der Waals surface area contributed by atoms with Crippen LogP contribution in [0.2, 0.25) is 0 Å². The standard InChI is InChI=1S/C14H22N2O/c1-3-13-11-16(9-8-15-13)10-12-6-4-5-7-14(12)17-2/h4-7,13,15H,3,8-11H2,1-2H3. The van der Waals surface area contributed by atoms with Crippen molar-refractivity contribution in [3.8, 4) is 5.75 Å². The van der Waals surface area contributed by atoms with Gasteiger partial charge in [0.25, 0.3) is 0 Å². The molecule has 1 aliphatic rings. The first-order valence-corrected chi connectivity index (χ1v) is 6.41. The van der Waals surface area contributed by atoms with Crippen LogP contribution in [0.15, 0.2) is 24.3 Å². The lowest BCUT2D eigenvalue weighted by Gasteiger charge is -2.33. The molecule has 3 heteroatoms. The van der Waals surface area contributed by atoms with Crippen molar-refractivity contribution in [3.05, 3.63) is 29.8 Å². The second-order valence-electron chi connectivity index (χ2n) is 4.61. The number of hydrogen-bond donors (Lipinski definition) is 1. The number of rotatable bonds is 4. The zero-order valence-corrected chi connectivity index (χ0v) is 10.8. The smallest absolute Gasteiger partial charge is 0.123 e. The quantitative estimate of drug-likeness (QED) is 0.861. The van der Waals surface area contributed by atoms with Crippen LogP contribution in [-0.2, 0) is 6.54 Å². The first kappa shape index (κ1) is 12.4. The highest BCUT2D eigenvalue weighted by molar-refractivity contribution is 5.33. The van der Waals surface area contributed by atoms with Crippen LogP contribution in [0.5, 0.6) is 5.75 Å². The molecular formula is C14H22N2O. The maximum absolute atomic E-state index is 5.40. The highest BCUT2D eigenvalue weighted by Crippen LogP contribution is 2.19. The molecule has 0 radical (unpaired) electrons. The van der Waals surface area contributed by atoms with Crippen molar-refractivity contribution >= 4 is 0 Å². The van der Waals surface area contributed by atoms with Gasteiger partial charge < -0.3 is 10.1 Å². The molecule has 0 saturated carbocycles. The molecular weight excluding hydrogens is 212 g/mol. The highest BCUT2D eigenvalue weighted by atomic mass is 16.5. The third-order valence-corrected chi connectivity index (χ3v) is 3.42. The maximum Gasteiger partial charge on any atom is 0.123 e. The number of benzene rings is 1. The molecule has 2 rings (SSSR count). The van der Waals surface area contributed by atoms with E-state index >= 15 is 0 Å². The molecule has 0 bridgehead atoms. The predicted molar refractivity (Wildman–Crippen MR) is 70.4 cm³/mol. The Labute approximate surface area is 104 Å². The van der Waals surface area contributed by atoms with E-state index in [9.17, 15) is 0 Å². The van der Waals surface area contributed by atoms with Gasteiger partial charge >= 0.3 is 0 Å². The monoisotopic (exact) mass is 234 g/mol. The Morgan fingerprint density at radius 2 is 2.24 bits per heavy atom. The summed E-state index contributed by atoms with van der Waals surface area (Å²) in [6.45, 7) is 6.57. The van der Waals surface area contributed by atoms with Crippen LogP contribution in [0, 0.1) is 0 Å². The summed E-state index contributed by atoms with van der Waals surface area (Å²) in [6.07, 6.45) is 1.20.